The third-order valence-corrected chi connectivity index (χ3v) is 12.6. The maximum atomic E-state index is 16.2. The fourth-order valence-electron chi connectivity index (χ4n) is 9.67. The summed E-state index contributed by atoms with van der Waals surface area (Å²) in [5.41, 5.74) is 0.791. The van der Waals surface area contributed by atoms with Crippen LogP contribution in [0.15, 0.2) is 128 Å². The number of phenolic OH excluding ortho intramolecular Hbond substituents is 1. The predicted octanol–water partition coefficient (Wildman–Crippen LogP) is 5.30. The number of methoxy groups -OCH3 is 3. The van der Waals surface area contributed by atoms with Gasteiger partial charge in [-0.15, -0.1) is 0 Å². The number of ether oxygens (including phenoxy) is 5. The number of rotatable bonds is 13. The number of morpholine rings is 1. The van der Waals surface area contributed by atoms with Crippen LogP contribution in [0.25, 0.3) is 0 Å². The molecule has 0 aliphatic carbocycles. The van der Waals surface area contributed by atoms with E-state index in [1.807, 2.05) is 77.7 Å². The van der Waals surface area contributed by atoms with E-state index in [1.54, 1.807) is 36.5 Å². The molecule has 3 aliphatic heterocycles. The topological polar surface area (TPSA) is 200 Å². The van der Waals surface area contributed by atoms with E-state index in [0.717, 1.165) is 19.1 Å². The summed E-state index contributed by atoms with van der Waals surface area (Å²) in [5.74, 6) is -1.25. The molecule has 4 heterocycles. The smallest absolute Gasteiger partial charge is 0.421 e. The fourth-order valence-corrected chi connectivity index (χ4v) is 9.67. The molecule has 348 valence electrons. The van der Waals surface area contributed by atoms with Crippen molar-refractivity contribution in [3.63, 3.8) is 0 Å². The van der Waals surface area contributed by atoms with Crippen LogP contribution in [0.5, 0.6) is 5.75 Å². The van der Waals surface area contributed by atoms with Crippen molar-refractivity contribution in [2.45, 2.75) is 42.5 Å². The first-order chi connectivity index (χ1) is 33.0. The largest absolute Gasteiger partial charge is 0.508 e. The molecule has 0 radical (unpaired) electrons. The number of fused-ring (bicyclic) bond motifs is 3. The van der Waals surface area contributed by atoms with Gasteiger partial charge in [0.1, 0.15) is 29.9 Å². The van der Waals surface area contributed by atoms with Gasteiger partial charge >= 0.3 is 24.0 Å². The second-order valence-corrected chi connectivity index (χ2v) is 16.3. The number of anilines is 1. The summed E-state index contributed by atoms with van der Waals surface area (Å²) in [6.07, 6.45) is -0.386. The highest BCUT2D eigenvalue weighted by atomic mass is 16.6. The predicted molar refractivity (Wildman–Crippen MR) is 243 cm³/mol. The second kappa shape index (κ2) is 20.3. The van der Waals surface area contributed by atoms with E-state index >= 15 is 14.4 Å². The number of hydrogen-bond acceptors (Lipinski definition) is 14. The molecule has 16 nitrogen and oxygen atoms in total. The van der Waals surface area contributed by atoms with Gasteiger partial charge in [-0.05, 0) is 64.7 Å². The first-order valence-electron chi connectivity index (χ1n) is 21.9. The number of esters is 3. The molecule has 1 aromatic heterocycles. The molecule has 0 saturated carbocycles. The zero-order chi connectivity index (χ0) is 48.0. The van der Waals surface area contributed by atoms with E-state index in [2.05, 4.69) is 22.1 Å². The van der Waals surface area contributed by atoms with Crippen LogP contribution in [0.4, 0.5) is 10.5 Å². The van der Waals surface area contributed by atoms with E-state index in [4.69, 9.17) is 23.7 Å². The number of nitrogens with one attached hydrogen (secondary N) is 1. The highest BCUT2D eigenvalue weighted by Gasteiger charge is 2.75. The highest BCUT2D eigenvalue weighted by molar-refractivity contribution is 6.23. The van der Waals surface area contributed by atoms with E-state index in [1.165, 1.54) is 25.3 Å². The van der Waals surface area contributed by atoms with Crippen molar-refractivity contribution in [2.24, 2.45) is 11.8 Å². The third kappa shape index (κ3) is 8.65. The normalized spacial score (nSPS) is 21.5. The van der Waals surface area contributed by atoms with Crippen LogP contribution in [0.2, 0.25) is 0 Å². The van der Waals surface area contributed by atoms with E-state index < -0.39 is 77.3 Å². The zero-order valence-corrected chi connectivity index (χ0v) is 37.4. The summed E-state index contributed by atoms with van der Waals surface area (Å²) in [6, 6.07) is 31.1. The Morgan fingerprint density at radius 1 is 0.809 bits per heavy atom. The van der Waals surface area contributed by atoms with Crippen molar-refractivity contribution in [3.05, 3.63) is 161 Å². The Labute approximate surface area is 392 Å². The molecule has 3 aliphatic rings. The van der Waals surface area contributed by atoms with Gasteiger partial charge in [0.15, 0.2) is 5.92 Å². The molecule has 2 fully saturated rings. The number of pyridine rings is 1. The molecule has 8 rings (SSSR count). The quantitative estimate of drug-likeness (QED) is 0.0507. The number of benzene rings is 4. The average molecular weight is 921 g/mol. The minimum atomic E-state index is -2.14. The molecule has 6 unspecified atom stereocenters. The highest BCUT2D eigenvalue weighted by Crippen LogP contribution is 2.66. The van der Waals surface area contributed by atoms with Gasteiger partial charge in [-0.1, -0.05) is 90.7 Å². The summed E-state index contributed by atoms with van der Waals surface area (Å²) in [5, 5.41) is 13.7. The van der Waals surface area contributed by atoms with Crippen molar-refractivity contribution < 1.29 is 57.6 Å². The Balaban J connectivity index is 1.40. The summed E-state index contributed by atoms with van der Waals surface area (Å²) in [4.78, 5) is 93.7. The van der Waals surface area contributed by atoms with Gasteiger partial charge in [0, 0.05) is 44.0 Å². The average Bonchev–Trinajstić information content (AvgIpc) is 3.82. The van der Waals surface area contributed by atoms with Crippen molar-refractivity contribution in [1.82, 2.24) is 15.2 Å². The lowest BCUT2D eigenvalue weighted by atomic mass is 9.65. The van der Waals surface area contributed by atoms with Crippen LogP contribution in [-0.2, 0) is 59.5 Å². The van der Waals surface area contributed by atoms with E-state index in [-0.39, 0.29) is 48.7 Å². The molecule has 68 heavy (non-hydrogen) atoms. The van der Waals surface area contributed by atoms with E-state index in [9.17, 15) is 19.5 Å². The molecule has 1 spiro atoms. The molecule has 2 N–H and O–H groups in total. The maximum Gasteiger partial charge on any atom is 0.421 e. The Morgan fingerprint density at radius 3 is 2.13 bits per heavy atom. The zero-order valence-electron chi connectivity index (χ0n) is 37.4. The van der Waals surface area contributed by atoms with E-state index in [0.29, 0.717) is 28.8 Å². The van der Waals surface area contributed by atoms with Crippen LogP contribution < -0.4 is 10.2 Å². The summed E-state index contributed by atoms with van der Waals surface area (Å²) in [6.45, 7) is -0.155. The minimum Gasteiger partial charge on any atom is -0.508 e. The maximum absolute atomic E-state index is 16.2. The standard InChI is InChI=1S/C52H48N4O12/c1-64-29-30-67-51(63)55-40-25-20-32(13-12-19-38(47(59)65-2)48(60)66-3)31-39(40)52(50(55)62)41(46(58)54-28-26-36-18-10-11-27-53-36)43-49(61)68-44(34-16-8-5-9-17-34)42(33-14-6-4-7-15-33)56(43)45(52)35-21-23-37(57)24-22-35/h4-11,14-18,20-25,27,31,38,41-45,57H,19,26,28-30H2,1-3H3,(H,54,58). The fraction of sp³-hybridized carbons (Fsp3) is 0.288. The van der Waals surface area contributed by atoms with Crippen molar-refractivity contribution in [1.29, 1.82) is 0 Å². The van der Waals surface area contributed by atoms with Gasteiger partial charge in [-0.25, -0.2) is 9.69 Å². The number of cyclic esters (lactones) is 1. The molecule has 3 amide bonds. The van der Waals surface area contributed by atoms with Gasteiger partial charge in [-0.2, -0.15) is 0 Å². The molecule has 5 aromatic rings. The third-order valence-electron chi connectivity index (χ3n) is 12.6. The van der Waals surface area contributed by atoms with Gasteiger partial charge in [-0.3, -0.25) is 33.9 Å². The number of aromatic nitrogens is 1. The lowest BCUT2D eigenvalue weighted by Crippen LogP contribution is -2.56. The summed E-state index contributed by atoms with van der Waals surface area (Å²) < 4.78 is 26.9. The number of imide groups is 1. The monoisotopic (exact) mass is 920 g/mol. The number of aromatic hydroxyl groups is 1. The molecule has 16 heteroatoms. The van der Waals surface area contributed by atoms with Crippen molar-refractivity contribution in [3.8, 4) is 17.6 Å². The Hall–Kier alpha value is -7.87. The lowest BCUT2D eigenvalue weighted by Gasteiger charge is -2.46. The number of phenols is 1. The Bertz CT molecular complexity index is 2730. The SMILES string of the molecule is COCCOC(=O)N1C(=O)C2(c3cc(C#CCC(C(=O)OC)C(=O)OC)ccc31)C(C(=O)NCCc1ccccn1)C1C(=O)OC(c3ccccc3)C(c3ccccc3)N1C2c1ccc(O)cc1. The van der Waals surface area contributed by atoms with Gasteiger partial charge in [0.2, 0.25) is 11.8 Å². The van der Waals surface area contributed by atoms with Crippen molar-refractivity contribution >= 4 is 41.5 Å². The van der Waals surface area contributed by atoms with Crippen LogP contribution in [0.3, 0.4) is 0 Å². The first kappa shape index (κ1) is 46.7. The number of amides is 3. The Morgan fingerprint density at radius 2 is 1.49 bits per heavy atom. The lowest BCUT2D eigenvalue weighted by molar-refractivity contribution is -0.178. The minimum absolute atomic E-state index is 0.0111. The van der Waals surface area contributed by atoms with Gasteiger partial charge in [0.25, 0.3) is 0 Å². The molecule has 6 atom stereocenters. The number of carbonyl (C=O) groups excluding carboxylic acids is 6. The van der Waals surface area contributed by atoms with Crippen molar-refractivity contribution in [2.75, 3.05) is 46.0 Å². The van der Waals surface area contributed by atoms with Crippen LogP contribution in [0.1, 0.15) is 58.1 Å². The summed E-state index contributed by atoms with van der Waals surface area (Å²) in [7, 11) is 3.71. The molecule has 0 bridgehead atoms. The van der Waals surface area contributed by atoms with Crippen LogP contribution in [0, 0.1) is 23.7 Å². The first-order valence-corrected chi connectivity index (χ1v) is 21.9. The molecule has 4 aromatic carbocycles. The van der Waals surface area contributed by atoms with Gasteiger partial charge in [0.05, 0.1) is 44.5 Å². The number of nitrogens with zero attached hydrogens (tertiary/aromatic N) is 3. The second-order valence-electron chi connectivity index (χ2n) is 16.3. The van der Waals surface area contributed by atoms with Crippen LogP contribution >= 0.6 is 0 Å². The summed E-state index contributed by atoms with van der Waals surface area (Å²) >= 11 is 0. The number of carbonyl (C=O) groups is 6. The molecular weight excluding hydrogens is 873 g/mol. The Kier molecular flexibility index (Phi) is 13.9. The van der Waals surface area contributed by atoms with Crippen LogP contribution in [-0.4, -0.2) is 97.9 Å². The molecular formula is C52H48N4O12. The number of hydrogen-bond donors (Lipinski definition) is 2. The van der Waals surface area contributed by atoms with Gasteiger partial charge < -0.3 is 34.1 Å². The molecule has 2 saturated heterocycles.